The zero-order valence-electron chi connectivity index (χ0n) is 23.5. The van der Waals surface area contributed by atoms with Crippen LogP contribution in [0.1, 0.15) is 64.9 Å². The quantitative estimate of drug-likeness (QED) is 0.226. The third-order valence-electron chi connectivity index (χ3n) is 7.63. The molecule has 0 aliphatic heterocycles. The lowest BCUT2D eigenvalue weighted by molar-refractivity contribution is 0.284. The molecule has 212 valence electrons. The van der Waals surface area contributed by atoms with E-state index >= 15 is 0 Å². The lowest BCUT2D eigenvalue weighted by Gasteiger charge is -2.28. The first-order chi connectivity index (χ1) is 18.7. The smallest absolute Gasteiger partial charge is 0.240 e. The van der Waals surface area contributed by atoms with Gasteiger partial charge in [0.25, 0.3) is 0 Å². The van der Waals surface area contributed by atoms with Crippen molar-refractivity contribution in [3.05, 3.63) is 54.1 Å². The van der Waals surface area contributed by atoms with E-state index in [4.69, 9.17) is 15.7 Å². The summed E-state index contributed by atoms with van der Waals surface area (Å²) in [5.41, 5.74) is 7.66. The van der Waals surface area contributed by atoms with E-state index < -0.39 is 10.0 Å². The van der Waals surface area contributed by atoms with E-state index in [9.17, 15) is 8.42 Å². The second kappa shape index (κ2) is 13.1. The van der Waals surface area contributed by atoms with E-state index in [1.165, 1.54) is 0 Å². The Bertz CT molecular complexity index is 1310. The SMILES string of the molecule is CC(C)(C)c1ccc(S(=O)(=O)NC[C@H]2CC[C@H](CNc3nc(NCCCCN)c4ccccc4n3)CC2)cc1. The highest BCUT2D eigenvalue weighted by Gasteiger charge is 2.24. The van der Waals surface area contributed by atoms with Crippen LogP contribution in [0.2, 0.25) is 0 Å². The number of nitrogens with zero attached hydrogens (tertiary/aromatic N) is 2. The fourth-order valence-electron chi connectivity index (χ4n) is 5.09. The van der Waals surface area contributed by atoms with Crippen molar-refractivity contribution in [3.8, 4) is 0 Å². The topological polar surface area (TPSA) is 122 Å². The number of para-hydroxylation sites is 1. The largest absolute Gasteiger partial charge is 0.369 e. The molecule has 0 spiro atoms. The van der Waals surface area contributed by atoms with E-state index in [0.717, 1.165) is 73.9 Å². The number of rotatable bonds is 12. The van der Waals surface area contributed by atoms with Gasteiger partial charge in [-0.05, 0) is 92.1 Å². The number of hydrogen-bond donors (Lipinski definition) is 4. The van der Waals surface area contributed by atoms with E-state index in [1.54, 1.807) is 12.1 Å². The molecular weight excluding hydrogens is 508 g/mol. The summed E-state index contributed by atoms with van der Waals surface area (Å²) >= 11 is 0. The molecule has 9 heteroatoms. The molecule has 0 amide bonds. The van der Waals surface area contributed by atoms with Crippen LogP contribution in [-0.4, -0.2) is 44.6 Å². The van der Waals surface area contributed by atoms with Gasteiger partial charge in [0.15, 0.2) is 0 Å². The average molecular weight is 553 g/mol. The number of nitrogens with two attached hydrogens (primary N) is 1. The molecule has 1 aliphatic carbocycles. The molecule has 0 atom stereocenters. The maximum Gasteiger partial charge on any atom is 0.240 e. The van der Waals surface area contributed by atoms with Crippen LogP contribution in [0.15, 0.2) is 53.4 Å². The van der Waals surface area contributed by atoms with Gasteiger partial charge < -0.3 is 16.4 Å². The van der Waals surface area contributed by atoms with Gasteiger partial charge in [0.1, 0.15) is 5.82 Å². The van der Waals surface area contributed by atoms with Gasteiger partial charge >= 0.3 is 0 Å². The molecule has 39 heavy (non-hydrogen) atoms. The normalized spacial score (nSPS) is 18.3. The molecule has 0 bridgehead atoms. The molecule has 3 aromatic rings. The number of aromatic nitrogens is 2. The first-order valence-electron chi connectivity index (χ1n) is 14.2. The second-order valence-corrected chi connectivity index (χ2v) is 13.5. The minimum Gasteiger partial charge on any atom is -0.369 e. The summed E-state index contributed by atoms with van der Waals surface area (Å²) in [7, 11) is -3.50. The Labute approximate surface area is 233 Å². The average Bonchev–Trinajstić information content (AvgIpc) is 2.93. The monoisotopic (exact) mass is 552 g/mol. The number of benzene rings is 2. The molecular formula is C30H44N6O2S. The Kier molecular flexibility index (Phi) is 9.80. The number of fused-ring (bicyclic) bond motifs is 1. The van der Waals surface area contributed by atoms with Gasteiger partial charge in [-0.1, -0.05) is 45.0 Å². The van der Waals surface area contributed by atoms with E-state index in [1.807, 2.05) is 36.4 Å². The summed E-state index contributed by atoms with van der Waals surface area (Å²) in [6.45, 7) is 9.17. The Balaban J connectivity index is 1.26. The van der Waals surface area contributed by atoms with Gasteiger partial charge in [0.05, 0.1) is 10.4 Å². The summed E-state index contributed by atoms with van der Waals surface area (Å²) in [6, 6.07) is 15.3. The molecule has 0 unspecified atom stereocenters. The number of unbranched alkanes of at least 4 members (excludes halogenated alkanes) is 1. The van der Waals surface area contributed by atoms with E-state index in [2.05, 4.69) is 36.1 Å². The summed E-state index contributed by atoms with van der Waals surface area (Å²) in [5, 5.41) is 7.93. The Morgan fingerprint density at radius 1 is 0.872 bits per heavy atom. The number of anilines is 2. The molecule has 1 aromatic heterocycles. The van der Waals surface area contributed by atoms with Crippen molar-refractivity contribution in [3.63, 3.8) is 0 Å². The minimum absolute atomic E-state index is 0.00669. The summed E-state index contributed by atoms with van der Waals surface area (Å²) in [4.78, 5) is 9.82. The summed E-state index contributed by atoms with van der Waals surface area (Å²) < 4.78 is 28.5. The molecule has 1 heterocycles. The van der Waals surface area contributed by atoms with Crippen molar-refractivity contribution in [2.45, 2.75) is 69.6 Å². The second-order valence-electron chi connectivity index (χ2n) is 11.7. The van der Waals surface area contributed by atoms with Gasteiger partial charge in [0.2, 0.25) is 16.0 Å². The van der Waals surface area contributed by atoms with Crippen LogP contribution in [0.25, 0.3) is 10.9 Å². The van der Waals surface area contributed by atoms with Crippen molar-refractivity contribution in [1.29, 1.82) is 0 Å². The zero-order valence-corrected chi connectivity index (χ0v) is 24.4. The van der Waals surface area contributed by atoms with Crippen LogP contribution < -0.4 is 21.1 Å². The third-order valence-corrected chi connectivity index (χ3v) is 9.07. The molecule has 2 aromatic carbocycles. The Morgan fingerprint density at radius 3 is 2.21 bits per heavy atom. The van der Waals surface area contributed by atoms with Crippen LogP contribution in [0.3, 0.4) is 0 Å². The van der Waals surface area contributed by atoms with Crippen LogP contribution >= 0.6 is 0 Å². The van der Waals surface area contributed by atoms with Crippen LogP contribution in [0.4, 0.5) is 11.8 Å². The molecule has 1 fully saturated rings. The van der Waals surface area contributed by atoms with Crippen molar-refractivity contribution in [2.75, 3.05) is 36.8 Å². The van der Waals surface area contributed by atoms with Gasteiger partial charge in [-0.15, -0.1) is 0 Å². The minimum atomic E-state index is -3.50. The Morgan fingerprint density at radius 2 is 1.54 bits per heavy atom. The zero-order chi connectivity index (χ0) is 27.9. The molecule has 0 radical (unpaired) electrons. The first-order valence-corrected chi connectivity index (χ1v) is 15.7. The molecule has 8 nitrogen and oxygen atoms in total. The van der Waals surface area contributed by atoms with Crippen molar-refractivity contribution >= 4 is 32.7 Å². The third kappa shape index (κ3) is 8.13. The maximum atomic E-state index is 12.8. The lowest BCUT2D eigenvalue weighted by atomic mass is 9.82. The van der Waals surface area contributed by atoms with Crippen LogP contribution in [0, 0.1) is 11.8 Å². The fourth-order valence-corrected chi connectivity index (χ4v) is 6.20. The van der Waals surface area contributed by atoms with Crippen LogP contribution in [0.5, 0.6) is 0 Å². The Hall–Kier alpha value is -2.75. The lowest BCUT2D eigenvalue weighted by Crippen LogP contribution is -2.32. The number of hydrogen-bond acceptors (Lipinski definition) is 7. The van der Waals surface area contributed by atoms with Gasteiger partial charge in [-0.25, -0.2) is 18.1 Å². The highest BCUT2D eigenvalue weighted by Crippen LogP contribution is 2.30. The molecule has 5 N–H and O–H groups in total. The predicted molar refractivity (Wildman–Crippen MR) is 161 cm³/mol. The summed E-state index contributed by atoms with van der Waals surface area (Å²) in [6.07, 6.45) is 6.10. The maximum absolute atomic E-state index is 12.8. The van der Waals surface area contributed by atoms with Gasteiger partial charge in [-0.3, -0.25) is 0 Å². The van der Waals surface area contributed by atoms with E-state index in [-0.39, 0.29) is 5.41 Å². The van der Waals surface area contributed by atoms with Crippen molar-refractivity contribution in [1.82, 2.24) is 14.7 Å². The van der Waals surface area contributed by atoms with Crippen LogP contribution in [-0.2, 0) is 15.4 Å². The fraction of sp³-hybridized carbons (Fsp3) is 0.533. The molecule has 4 rings (SSSR count). The highest BCUT2D eigenvalue weighted by atomic mass is 32.2. The molecule has 1 aliphatic rings. The summed E-state index contributed by atoms with van der Waals surface area (Å²) in [5.74, 6) is 2.36. The van der Waals surface area contributed by atoms with Crippen molar-refractivity contribution < 1.29 is 8.42 Å². The molecule has 0 saturated heterocycles. The highest BCUT2D eigenvalue weighted by molar-refractivity contribution is 7.89. The van der Waals surface area contributed by atoms with Gasteiger partial charge in [0, 0.05) is 25.0 Å². The number of nitrogens with one attached hydrogen (secondary N) is 3. The van der Waals surface area contributed by atoms with Crippen molar-refractivity contribution in [2.24, 2.45) is 17.6 Å². The van der Waals surface area contributed by atoms with Gasteiger partial charge in [-0.2, -0.15) is 4.98 Å². The molecule has 1 saturated carbocycles. The predicted octanol–water partition coefficient (Wildman–Crippen LogP) is 5.27. The van der Waals surface area contributed by atoms with E-state index in [0.29, 0.717) is 35.8 Å². The standard InChI is InChI=1S/C30H44N6O2S/c1-30(2,3)24-14-16-25(17-15-24)39(37,38)34-21-23-12-10-22(11-13-23)20-33-29-35-27-9-5-4-8-26(27)28(36-29)32-19-7-6-18-31/h4-5,8-9,14-17,22-23,34H,6-7,10-13,18-21,31H2,1-3H3,(H2,32,33,35,36)/t22-,23-. The number of sulfonamides is 1. The first kappa shape index (κ1) is 29.2.